The van der Waals surface area contributed by atoms with Gasteiger partial charge in [0.25, 0.3) is 5.56 Å². The monoisotopic (exact) mass is 338 g/mol. The third kappa shape index (κ3) is 3.65. The number of nitrogens with one attached hydrogen (secondary N) is 1. The third-order valence-electron chi connectivity index (χ3n) is 3.36. The minimum Gasteiger partial charge on any atom is -0.456 e. The number of H-pyrrole nitrogens is 1. The second-order valence-electron chi connectivity index (χ2n) is 6.48. The van der Waals surface area contributed by atoms with Crippen LogP contribution in [-0.4, -0.2) is 31.3 Å². The van der Waals surface area contributed by atoms with E-state index in [1.54, 1.807) is 63.6 Å². The van der Waals surface area contributed by atoms with Crippen LogP contribution < -0.4 is 5.56 Å². The Kier molecular flexibility index (Phi) is 4.22. The zero-order valence-electron chi connectivity index (χ0n) is 14.2. The lowest BCUT2D eigenvalue weighted by Crippen LogP contribution is -2.24. The van der Waals surface area contributed by atoms with Crippen LogP contribution in [0.1, 0.15) is 31.1 Å². The molecule has 0 saturated heterocycles. The first kappa shape index (κ1) is 16.6. The van der Waals surface area contributed by atoms with E-state index >= 15 is 0 Å². The molecule has 0 aliphatic rings. The van der Waals surface area contributed by atoms with E-state index in [1.807, 2.05) is 0 Å². The zero-order chi connectivity index (χ0) is 18.0. The molecule has 7 nitrogen and oxygen atoms in total. The van der Waals surface area contributed by atoms with Crippen LogP contribution in [-0.2, 0) is 4.74 Å². The number of ether oxygens (including phenoxy) is 1. The third-order valence-corrected chi connectivity index (χ3v) is 3.36. The molecule has 7 heteroatoms. The van der Waals surface area contributed by atoms with Crippen molar-refractivity contribution >= 4 is 5.97 Å². The van der Waals surface area contributed by atoms with Crippen LogP contribution in [0.5, 0.6) is 0 Å². The maximum atomic E-state index is 12.5. The number of carbonyl (C=O) groups is 1. The highest BCUT2D eigenvalue weighted by Gasteiger charge is 2.18. The normalized spacial score (nSPS) is 11.3. The molecule has 25 heavy (non-hydrogen) atoms. The van der Waals surface area contributed by atoms with Gasteiger partial charge in [0.1, 0.15) is 5.60 Å². The molecule has 0 bridgehead atoms. The molecule has 0 aromatic carbocycles. The van der Waals surface area contributed by atoms with E-state index in [0.717, 1.165) is 0 Å². The molecule has 1 N–H and O–H groups in total. The maximum absolute atomic E-state index is 12.5. The van der Waals surface area contributed by atoms with Gasteiger partial charge in [-0.2, -0.15) is 0 Å². The van der Waals surface area contributed by atoms with Crippen LogP contribution in [0.4, 0.5) is 0 Å². The van der Waals surface area contributed by atoms with E-state index in [1.165, 1.54) is 10.9 Å². The maximum Gasteiger partial charge on any atom is 0.340 e. The average Bonchev–Trinajstić information content (AvgIpc) is 2.96. The fourth-order valence-corrected chi connectivity index (χ4v) is 2.25. The Hall–Kier alpha value is -3.22. The number of aromatic amines is 1. The summed E-state index contributed by atoms with van der Waals surface area (Å²) in [5, 5.41) is 2.87. The predicted octanol–water partition coefficient (Wildman–Crippen LogP) is 2.58. The van der Waals surface area contributed by atoms with Gasteiger partial charge in [-0.3, -0.25) is 14.9 Å². The van der Waals surface area contributed by atoms with E-state index in [9.17, 15) is 9.59 Å². The molecule has 3 aromatic heterocycles. The lowest BCUT2D eigenvalue weighted by atomic mass is 10.2. The van der Waals surface area contributed by atoms with Gasteiger partial charge in [0.15, 0.2) is 5.82 Å². The number of esters is 1. The van der Waals surface area contributed by atoms with Crippen molar-refractivity contribution < 1.29 is 9.53 Å². The van der Waals surface area contributed by atoms with Crippen molar-refractivity contribution in [2.45, 2.75) is 26.4 Å². The Labute approximate surface area is 144 Å². The van der Waals surface area contributed by atoms with E-state index in [0.29, 0.717) is 22.5 Å². The Bertz CT molecular complexity index is 935. The van der Waals surface area contributed by atoms with Crippen LogP contribution in [0, 0.1) is 0 Å². The van der Waals surface area contributed by atoms with Crippen molar-refractivity contribution in [2.24, 2.45) is 0 Å². The fourth-order valence-electron chi connectivity index (χ4n) is 2.25. The van der Waals surface area contributed by atoms with Crippen LogP contribution in [0.2, 0.25) is 0 Å². The van der Waals surface area contributed by atoms with Crippen LogP contribution >= 0.6 is 0 Å². The second kappa shape index (κ2) is 6.35. The molecule has 0 spiro atoms. The molecule has 0 aliphatic heterocycles. The molecule has 0 amide bonds. The summed E-state index contributed by atoms with van der Waals surface area (Å²) in [7, 11) is 0. The highest BCUT2D eigenvalue weighted by Crippen LogP contribution is 2.15. The SMILES string of the molecule is CC(C)(C)OC(=O)c1ccc(-n2[nH]cc(-c3cccnc3)c2=O)nc1. The molecule has 3 heterocycles. The molecule has 0 atom stereocenters. The topological polar surface area (TPSA) is 89.9 Å². The second-order valence-corrected chi connectivity index (χ2v) is 6.48. The molecule has 0 saturated carbocycles. The minimum absolute atomic E-state index is 0.245. The number of carbonyl (C=O) groups excluding carboxylic acids is 1. The summed E-state index contributed by atoms with van der Waals surface area (Å²) in [4.78, 5) is 32.8. The van der Waals surface area contributed by atoms with Gasteiger partial charge in [-0.1, -0.05) is 6.07 Å². The number of pyridine rings is 2. The van der Waals surface area contributed by atoms with Gasteiger partial charge in [0, 0.05) is 30.4 Å². The van der Waals surface area contributed by atoms with E-state index in [4.69, 9.17) is 4.74 Å². The molecular formula is C18H18N4O3. The molecule has 0 aliphatic carbocycles. The number of aromatic nitrogens is 4. The Morgan fingerprint density at radius 3 is 2.60 bits per heavy atom. The fraction of sp³-hybridized carbons (Fsp3) is 0.222. The van der Waals surface area contributed by atoms with Crippen molar-refractivity contribution in [1.82, 2.24) is 19.7 Å². The summed E-state index contributed by atoms with van der Waals surface area (Å²) in [5.74, 6) is -0.0751. The van der Waals surface area contributed by atoms with Gasteiger partial charge in [-0.05, 0) is 39.0 Å². The molecule has 0 unspecified atom stereocenters. The number of hydrogen-bond acceptors (Lipinski definition) is 5. The number of rotatable bonds is 3. The summed E-state index contributed by atoms with van der Waals surface area (Å²) < 4.78 is 6.60. The van der Waals surface area contributed by atoms with E-state index in [-0.39, 0.29) is 5.56 Å². The first-order valence-corrected chi connectivity index (χ1v) is 7.76. The summed E-state index contributed by atoms with van der Waals surface area (Å²) in [6, 6.07) is 6.73. The zero-order valence-corrected chi connectivity index (χ0v) is 14.2. The first-order chi connectivity index (χ1) is 11.8. The van der Waals surface area contributed by atoms with Gasteiger partial charge < -0.3 is 4.74 Å². The molecule has 128 valence electrons. The predicted molar refractivity (Wildman–Crippen MR) is 92.6 cm³/mol. The van der Waals surface area contributed by atoms with Crippen molar-refractivity contribution in [3.63, 3.8) is 0 Å². The minimum atomic E-state index is -0.579. The smallest absolute Gasteiger partial charge is 0.340 e. The number of nitrogens with zero attached hydrogens (tertiary/aromatic N) is 3. The van der Waals surface area contributed by atoms with Crippen LogP contribution in [0.3, 0.4) is 0 Å². The van der Waals surface area contributed by atoms with Crippen LogP contribution in [0.15, 0.2) is 53.8 Å². The molecule has 0 fully saturated rings. The van der Waals surface area contributed by atoms with Crippen LogP contribution in [0.25, 0.3) is 16.9 Å². The van der Waals surface area contributed by atoms with Crippen molar-refractivity contribution in [2.75, 3.05) is 0 Å². The standard InChI is InChI=1S/C18H18N4O3/c1-18(2,3)25-17(24)13-6-7-15(20-10-13)22-16(23)14(11-21-22)12-5-4-8-19-9-12/h4-11,21H,1-3H3. The Balaban J connectivity index is 1.88. The van der Waals surface area contributed by atoms with Gasteiger partial charge in [-0.25, -0.2) is 14.5 Å². The highest BCUT2D eigenvalue weighted by molar-refractivity contribution is 5.89. The van der Waals surface area contributed by atoms with Gasteiger partial charge >= 0.3 is 5.97 Å². The van der Waals surface area contributed by atoms with Gasteiger partial charge in [0.05, 0.1) is 11.1 Å². The summed E-state index contributed by atoms with van der Waals surface area (Å²) in [5.41, 5.74) is 0.709. The molecular weight excluding hydrogens is 320 g/mol. The van der Waals surface area contributed by atoms with Gasteiger partial charge in [0.2, 0.25) is 0 Å². The largest absolute Gasteiger partial charge is 0.456 e. The molecule has 3 aromatic rings. The number of hydrogen-bond donors (Lipinski definition) is 1. The molecule has 0 radical (unpaired) electrons. The highest BCUT2D eigenvalue weighted by atomic mass is 16.6. The van der Waals surface area contributed by atoms with E-state index in [2.05, 4.69) is 15.1 Å². The lowest BCUT2D eigenvalue weighted by molar-refractivity contribution is 0.00691. The average molecular weight is 338 g/mol. The van der Waals surface area contributed by atoms with Gasteiger partial charge in [-0.15, -0.1) is 0 Å². The van der Waals surface area contributed by atoms with Crippen molar-refractivity contribution in [3.05, 3.63) is 65.0 Å². The molecule has 3 rings (SSSR count). The van der Waals surface area contributed by atoms with E-state index < -0.39 is 11.6 Å². The first-order valence-electron chi connectivity index (χ1n) is 7.76. The van der Waals surface area contributed by atoms with Crippen molar-refractivity contribution in [1.29, 1.82) is 0 Å². The Morgan fingerprint density at radius 1 is 1.20 bits per heavy atom. The Morgan fingerprint density at radius 2 is 2.00 bits per heavy atom. The summed E-state index contributed by atoms with van der Waals surface area (Å²) >= 11 is 0. The quantitative estimate of drug-likeness (QED) is 0.741. The van der Waals surface area contributed by atoms with Crippen molar-refractivity contribution in [3.8, 4) is 16.9 Å². The lowest BCUT2D eigenvalue weighted by Gasteiger charge is -2.19. The summed E-state index contributed by atoms with van der Waals surface area (Å²) in [6.07, 6.45) is 6.25. The summed E-state index contributed by atoms with van der Waals surface area (Å²) in [6.45, 7) is 5.39.